The Morgan fingerprint density at radius 1 is 1.27 bits per heavy atom. The zero-order valence-corrected chi connectivity index (χ0v) is 7.98. The zero-order chi connectivity index (χ0) is 10.7. The maximum Gasteiger partial charge on any atom is 0.230 e. The van der Waals surface area contributed by atoms with Crippen LogP contribution in [0.1, 0.15) is 17.3 Å². The lowest BCUT2D eigenvalue weighted by molar-refractivity contribution is 0.459. The zero-order valence-electron chi connectivity index (χ0n) is 7.98. The molecule has 0 bridgehead atoms. The summed E-state index contributed by atoms with van der Waals surface area (Å²) in [7, 11) is 0. The second kappa shape index (κ2) is 4.18. The number of nitrogens with two attached hydrogens (primary N) is 1. The summed E-state index contributed by atoms with van der Waals surface area (Å²) in [6.45, 7) is 0.218. The molecule has 4 nitrogen and oxygen atoms in total. The molecule has 5 heteroatoms. The van der Waals surface area contributed by atoms with Gasteiger partial charge in [0.05, 0.1) is 13.0 Å². The minimum absolute atomic E-state index is 0.218. The maximum absolute atomic E-state index is 12.9. The van der Waals surface area contributed by atoms with Crippen molar-refractivity contribution in [2.24, 2.45) is 5.73 Å². The van der Waals surface area contributed by atoms with Crippen LogP contribution in [0.2, 0.25) is 0 Å². The SMILES string of the molecule is NCc1nnc(Cc2cccc(F)c2)o1. The van der Waals surface area contributed by atoms with E-state index in [4.69, 9.17) is 10.2 Å². The highest BCUT2D eigenvalue weighted by atomic mass is 19.1. The van der Waals surface area contributed by atoms with Crippen LogP contribution in [0.15, 0.2) is 28.7 Å². The lowest BCUT2D eigenvalue weighted by Gasteiger charge is -1.96. The second-order valence-corrected chi connectivity index (χ2v) is 3.10. The van der Waals surface area contributed by atoms with Crippen LogP contribution < -0.4 is 5.73 Å². The predicted octanol–water partition coefficient (Wildman–Crippen LogP) is 1.26. The molecule has 15 heavy (non-hydrogen) atoms. The van der Waals surface area contributed by atoms with Crippen LogP contribution in [0.4, 0.5) is 4.39 Å². The van der Waals surface area contributed by atoms with Gasteiger partial charge in [-0.1, -0.05) is 12.1 Å². The Labute approximate surface area is 85.9 Å². The number of hydrogen-bond acceptors (Lipinski definition) is 4. The van der Waals surface area contributed by atoms with Crippen LogP contribution in [0.25, 0.3) is 0 Å². The molecule has 2 rings (SSSR count). The fourth-order valence-electron chi connectivity index (χ4n) is 1.26. The Morgan fingerprint density at radius 3 is 2.73 bits per heavy atom. The number of hydrogen-bond donors (Lipinski definition) is 1. The van der Waals surface area contributed by atoms with E-state index in [0.717, 1.165) is 5.56 Å². The summed E-state index contributed by atoms with van der Waals surface area (Å²) in [6, 6.07) is 6.27. The van der Waals surface area contributed by atoms with E-state index in [-0.39, 0.29) is 12.4 Å². The van der Waals surface area contributed by atoms with Crippen LogP contribution >= 0.6 is 0 Å². The molecule has 2 aromatic rings. The standard InChI is InChI=1S/C10H10FN3O/c11-8-3-1-2-7(4-8)5-9-13-14-10(6-12)15-9/h1-4H,5-6,12H2. The van der Waals surface area contributed by atoms with Gasteiger partial charge in [0.15, 0.2) is 0 Å². The van der Waals surface area contributed by atoms with Crippen LogP contribution in [-0.4, -0.2) is 10.2 Å². The minimum atomic E-state index is -0.272. The molecule has 1 heterocycles. The third kappa shape index (κ3) is 2.38. The summed E-state index contributed by atoms with van der Waals surface area (Å²) in [6.07, 6.45) is 0.421. The Balaban J connectivity index is 2.14. The molecule has 1 aromatic carbocycles. The van der Waals surface area contributed by atoms with Crippen molar-refractivity contribution in [3.8, 4) is 0 Å². The van der Waals surface area contributed by atoms with Gasteiger partial charge in [0.1, 0.15) is 5.82 Å². The molecule has 0 saturated carbocycles. The number of benzene rings is 1. The van der Waals surface area contributed by atoms with E-state index in [0.29, 0.717) is 18.2 Å². The van der Waals surface area contributed by atoms with Crippen molar-refractivity contribution >= 4 is 0 Å². The molecular weight excluding hydrogens is 197 g/mol. The van der Waals surface area contributed by atoms with E-state index in [2.05, 4.69) is 10.2 Å². The molecule has 0 aliphatic heterocycles. The lowest BCUT2D eigenvalue weighted by Crippen LogP contribution is -1.95. The van der Waals surface area contributed by atoms with Gasteiger partial charge in [-0.05, 0) is 17.7 Å². The van der Waals surface area contributed by atoms with Gasteiger partial charge in [-0.3, -0.25) is 0 Å². The van der Waals surface area contributed by atoms with Crippen molar-refractivity contribution in [2.45, 2.75) is 13.0 Å². The van der Waals surface area contributed by atoms with Gasteiger partial charge in [-0.15, -0.1) is 10.2 Å². The van der Waals surface area contributed by atoms with Crippen molar-refractivity contribution in [3.63, 3.8) is 0 Å². The average molecular weight is 207 g/mol. The summed E-state index contributed by atoms with van der Waals surface area (Å²) in [4.78, 5) is 0. The van der Waals surface area contributed by atoms with Crippen molar-refractivity contribution in [1.29, 1.82) is 0 Å². The van der Waals surface area contributed by atoms with E-state index >= 15 is 0 Å². The number of halogens is 1. The Morgan fingerprint density at radius 2 is 2.07 bits per heavy atom. The third-order valence-corrected chi connectivity index (χ3v) is 1.93. The Bertz CT molecular complexity index is 455. The summed E-state index contributed by atoms with van der Waals surface area (Å²) in [5, 5.41) is 7.51. The summed E-state index contributed by atoms with van der Waals surface area (Å²) in [5.41, 5.74) is 6.12. The quantitative estimate of drug-likeness (QED) is 0.822. The highest BCUT2D eigenvalue weighted by Crippen LogP contribution is 2.09. The number of rotatable bonds is 3. The van der Waals surface area contributed by atoms with E-state index in [9.17, 15) is 4.39 Å². The fraction of sp³-hybridized carbons (Fsp3) is 0.200. The molecule has 78 valence electrons. The molecule has 2 N–H and O–H groups in total. The largest absolute Gasteiger partial charge is 0.424 e. The molecule has 0 radical (unpaired) electrons. The van der Waals surface area contributed by atoms with Crippen LogP contribution in [0.5, 0.6) is 0 Å². The molecule has 0 saturated heterocycles. The highest BCUT2D eigenvalue weighted by molar-refractivity contribution is 5.19. The molecule has 0 aliphatic rings. The van der Waals surface area contributed by atoms with Gasteiger partial charge in [0.25, 0.3) is 0 Å². The third-order valence-electron chi connectivity index (χ3n) is 1.93. The minimum Gasteiger partial charge on any atom is -0.424 e. The van der Waals surface area contributed by atoms with Gasteiger partial charge in [0.2, 0.25) is 11.8 Å². The fourth-order valence-corrected chi connectivity index (χ4v) is 1.26. The maximum atomic E-state index is 12.9. The lowest BCUT2D eigenvalue weighted by atomic mass is 10.1. The molecule has 0 spiro atoms. The average Bonchev–Trinajstić information content (AvgIpc) is 2.65. The first-order chi connectivity index (χ1) is 7.28. The summed E-state index contributed by atoms with van der Waals surface area (Å²) < 4.78 is 18.1. The van der Waals surface area contributed by atoms with E-state index < -0.39 is 0 Å². The van der Waals surface area contributed by atoms with E-state index in [1.165, 1.54) is 12.1 Å². The summed E-state index contributed by atoms with van der Waals surface area (Å²) in [5.74, 6) is 0.563. The van der Waals surface area contributed by atoms with Gasteiger partial charge in [-0.25, -0.2) is 4.39 Å². The van der Waals surface area contributed by atoms with E-state index in [1.54, 1.807) is 12.1 Å². The first kappa shape index (κ1) is 9.79. The monoisotopic (exact) mass is 207 g/mol. The van der Waals surface area contributed by atoms with Crippen LogP contribution in [0.3, 0.4) is 0 Å². The normalized spacial score (nSPS) is 10.5. The molecular formula is C10H10FN3O. The highest BCUT2D eigenvalue weighted by Gasteiger charge is 2.05. The Kier molecular flexibility index (Phi) is 2.73. The van der Waals surface area contributed by atoms with Gasteiger partial charge in [-0.2, -0.15) is 0 Å². The smallest absolute Gasteiger partial charge is 0.230 e. The van der Waals surface area contributed by atoms with Crippen molar-refractivity contribution < 1.29 is 8.81 Å². The van der Waals surface area contributed by atoms with Gasteiger partial charge in [0, 0.05) is 0 Å². The molecule has 1 aromatic heterocycles. The van der Waals surface area contributed by atoms with Crippen molar-refractivity contribution in [2.75, 3.05) is 0 Å². The number of nitrogens with zero attached hydrogens (tertiary/aromatic N) is 2. The first-order valence-electron chi connectivity index (χ1n) is 4.53. The van der Waals surface area contributed by atoms with Gasteiger partial charge >= 0.3 is 0 Å². The van der Waals surface area contributed by atoms with Crippen molar-refractivity contribution in [3.05, 3.63) is 47.4 Å². The van der Waals surface area contributed by atoms with Crippen LogP contribution in [-0.2, 0) is 13.0 Å². The van der Waals surface area contributed by atoms with Crippen molar-refractivity contribution in [1.82, 2.24) is 10.2 Å². The molecule has 0 atom stereocenters. The molecule has 0 unspecified atom stereocenters. The Hall–Kier alpha value is -1.75. The molecule has 0 fully saturated rings. The topological polar surface area (TPSA) is 64.9 Å². The predicted molar refractivity (Wildman–Crippen MR) is 51.4 cm³/mol. The van der Waals surface area contributed by atoms with E-state index in [1.807, 2.05) is 0 Å². The second-order valence-electron chi connectivity index (χ2n) is 3.10. The first-order valence-corrected chi connectivity index (χ1v) is 4.53. The molecule has 0 amide bonds. The van der Waals surface area contributed by atoms with Gasteiger partial charge < -0.3 is 10.2 Å². The van der Waals surface area contributed by atoms with Crippen LogP contribution in [0, 0.1) is 5.82 Å². The summed E-state index contributed by atoms with van der Waals surface area (Å²) >= 11 is 0. The number of aromatic nitrogens is 2. The molecule has 0 aliphatic carbocycles.